The maximum absolute atomic E-state index is 15.1. The van der Waals surface area contributed by atoms with Gasteiger partial charge in [0.1, 0.15) is 17.2 Å². The molecule has 12 nitrogen and oxygen atoms in total. The van der Waals surface area contributed by atoms with E-state index in [0.717, 1.165) is 51.0 Å². The number of nitrogens with one attached hydrogen (secondary N) is 2. The van der Waals surface area contributed by atoms with E-state index in [2.05, 4.69) is 46.1 Å². The highest BCUT2D eigenvalue weighted by Gasteiger charge is 2.39. The van der Waals surface area contributed by atoms with Crippen LogP contribution in [0.5, 0.6) is 0 Å². The number of aromatic nitrogens is 8. The number of imidazole rings is 1. The van der Waals surface area contributed by atoms with Crippen molar-refractivity contribution in [2.75, 3.05) is 0 Å². The molecule has 1 unspecified atom stereocenters. The van der Waals surface area contributed by atoms with Crippen LogP contribution in [0.25, 0.3) is 33.5 Å². The zero-order chi connectivity index (χ0) is 38.1. The van der Waals surface area contributed by atoms with Crippen molar-refractivity contribution in [3.8, 4) is 22.6 Å². The van der Waals surface area contributed by atoms with Gasteiger partial charge in [-0.1, -0.05) is 25.1 Å². The Kier molecular flexibility index (Phi) is 8.46. The predicted molar refractivity (Wildman–Crippen MR) is 202 cm³/mol. The normalized spacial score (nSPS) is 15.4. The summed E-state index contributed by atoms with van der Waals surface area (Å²) in [6.07, 6.45) is 7.67. The summed E-state index contributed by atoms with van der Waals surface area (Å²) in [5.41, 5.74) is 7.31. The highest BCUT2D eigenvalue weighted by molar-refractivity contribution is 6.02. The van der Waals surface area contributed by atoms with Gasteiger partial charge in [0.05, 0.1) is 17.1 Å². The van der Waals surface area contributed by atoms with Gasteiger partial charge in [0.15, 0.2) is 11.6 Å². The lowest BCUT2D eigenvalue weighted by molar-refractivity contribution is 0.0893. The summed E-state index contributed by atoms with van der Waals surface area (Å²) >= 11 is 0. The van der Waals surface area contributed by atoms with Crippen molar-refractivity contribution in [3.63, 3.8) is 0 Å². The van der Waals surface area contributed by atoms with E-state index in [-0.39, 0.29) is 17.3 Å². The molecule has 54 heavy (non-hydrogen) atoms. The lowest BCUT2D eigenvalue weighted by Gasteiger charge is -2.31. The molecule has 2 N–H and O–H groups in total. The minimum absolute atomic E-state index is 0.0779. The highest BCUT2D eigenvalue weighted by Crippen LogP contribution is 2.39. The summed E-state index contributed by atoms with van der Waals surface area (Å²) in [7, 11) is 0. The maximum atomic E-state index is 15.1. The maximum Gasteiger partial charge on any atom is 0.438 e. The van der Waals surface area contributed by atoms with E-state index in [1.165, 1.54) is 4.57 Å². The Morgan fingerprint density at radius 1 is 1.07 bits per heavy atom. The number of rotatable bonds is 9. The Balaban J connectivity index is 1.28. The van der Waals surface area contributed by atoms with Crippen molar-refractivity contribution in [2.45, 2.75) is 79.2 Å². The average molecular weight is 729 g/mol. The zero-order valence-corrected chi connectivity index (χ0v) is 31.1. The van der Waals surface area contributed by atoms with E-state index in [0.29, 0.717) is 59.8 Å². The first-order chi connectivity index (χ1) is 25.9. The molecule has 276 valence electrons. The Hall–Kier alpha value is -6.11. The van der Waals surface area contributed by atoms with E-state index in [4.69, 9.17) is 9.62 Å². The largest absolute Gasteiger partial charge is 0.438 e. The number of ketones is 1. The molecule has 0 bridgehead atoms. The van der Waals surface area contributed by atoms with Crippen LogP contribution in [-0.2, 0) is 24.8 Å². The van der Waals surface area contributed by atoms with Crippen LogP contribution in [0, 0.1) is 32.5 Å². The Morgan fingerprint density at radius 3 is 2.52 bits per heavy atom. The van der Waals surface area contributed by atoms with Crippen molar-refractivity contribution in [3.05, 3.63) is 133 Å². The van der Waals surface area contributed by atoms with Gasteiger partial charge < -0.3 is 9.55 Å². The summed E-state index contributed by atoms with van der Waals surface area (Å²) in [5.74, 6) is -0.677. The molecule has 0 fully saturated rings. The lowest BCUT2D eigenvalue weighted by Crippen LogP contribution is -2.36. The van der Waals surface area contributed by atoms with E-state index in [9.17, 15) is 14.0 Å². The Bertz CT molecular complexity index is 2700. The number of hydrogen-bond donors (Lipinski definition) is 2. The summed E-state index contributed by atoms with van der Waals surface area (Å²) in [6.45, 7) is 11.5. The minimum atomic E-state index is -0.949. The molecule has 0 radical (unpaired) electrons. The van der Waals surface area contributed by atoms with Crippen LogP contribution in [0.15, 0.2) is 75.2 Å². The molecule has 0 saturated carbocycles. The van der Waals surface area contributed by atoms with Gasteiger partial charge >= 0.3 is 11.4 Å². The molecule has 2 aromatic carbocycles. The quantitative estimate of drug-likeness (QED) is 0.155. The van der Waals surface area contributed by atoms with Gasteiger partial charge in [0.25, 0.3) is 0 Å². The fourth-order valence-corrected chi connectivity index (χ4v) is 8.19. The number of Topliss-reactive ketones (excluding diaryl/α,β-unsaturated/α-hetero) is 1. The SMILES string of the molecule is CCc1nccc(-c2ccc3c(c2)cc(C(=O)C2CCc4nn(-c5cc(C)c(F)c(C)c5)c(-n5cc[nH]c5=O)c4C2)n3[C@](C)(CC)c2noc(=O)[nH]2)c1C. The van der Waals surface area contributed by atoms with Crippen molar-refractivity contribution in [2.24, 2.45) is 5.92 Å². The van der Waals surface area contributed by atoms with E-state index in [1.807, 2.05) is 42.8 Å². The molecule has 5 aromatic heterocycles. The van der Waals surface area contributed by atoms with Crippen LogP contribution in [0.3, 0.4) is 0 Å². The van der Waals surface area contributed by atoms with Crippen LogP contribution < -0.4 is 11.4 Å². The number of H-pyrrole nitrogens is 2. The van der Waals surface area contributed by atoms with Gasteiger partial charge in [-0.3, -0.25) is 23.9 Å². The molecule has 0 amide bonds. The summed E-state index contributed by atoms with van der Waals surface area (Å²) in [5, 5.41) is 9.92. The molecule has 13 heteroatoms. The topological polar surface area (TPSA) is 149 Å². The second-order valence-corrected chi connectivity index (χ2v) is 14.5. The van der Waals surface area contributed by atoms with Gasteiger partial charge in [-0.25, -0.2) is 18.7 Å². The van der Waals surface area contributed by atoms with Gasteiger partial charge in [-0.15, -0.1) is 0 Å². The molecular formula is C41H41FN8O4. The van der Waals surface area contributed by atoms with Crippen molar-refractivity contribution in [1.82, 2.24) is 39.0 Å². The van der Waals surface area contributed by atoms with E-state index in [1.54, 1.807) is 43.1 Å². The lowest BCUT2D eigenvalue weighted by atomic mass is 9.83. The first kappa shape index (κ1) is 34.9. The number of fused-ring (bicyclic) bond motifs is 2. The standard InChI is InChI=1S/C41H41FN8O4/c1-7-31-24(5)29(13-14-43-31)25-10-12-33-27(19-25)21-34(49(33)41(6,8-2)38-45-40(53)54-47-38)36(51)26-9-11-32-30(20-26)37(48-16-15-44-39(48)52)50(46-32)28-17-22(3)35(42)23(4)18-28/h10,12-19,21,26H,7-9,11,20H2,1-6H3,(H,44,52)(H,45,47,53)/t26?,41-/m1/s1. The number of halogens is 1. The number of carbonyl (C=O) groups excluding carboxylic acids is 1. The van der Waals surface area contributed by atoms with Crippen LogP contribution in [0.4, 0.5) is 4.39 Å². The monoisotopic (exact) mass is 728 g/mol. The highest BCUT2D eigenvalue weighted by atomic mass is 19.1. The number of aromatic amines is 2. The zero-order valence-electron chi connectivity index (χ0n) is 31.1. The number of nitrogens with zero attached hydrogens (tertiary/aromatic N) is 6. The number of aryl methyl sites for hydroxylation is 4. The summed E-state index contributed by atoms with van der Waals surface area (Å²) < 4.78 is 24.9. The number of hydrogen-bond acceptors (Lipinski definition) is 7. The fraction of sp³-hybridized carbons (Fsp3) is 0.317. The smallest absolute Gasteiger partial charge is 0.325 e. The van der Waals surface area contributed by atoms with Crippen molar-refractivity contribution < 1.29 is 13.7 Å². The second-order valence-electron chi connectivity index (χ2n) is 14.5. The van der Waals surface area contributed by atoms with Crippen molar-refractivity contribution >= 4 is 16.7 Å². The van der Waals surface area contributed by atoms with Gasteiger partial charge in [-0.05, 0) is 124 Å². The number of pyridine rings is 1. The van der Waals surface area contributed by atoms with E-state index < -0.39 is 17.2 Å². The first-order valence-electron chi connectivity index (χ1n) is 18.3. The first-order valence-corrected chi connectivity index (χ1v) is 18.3. The third kappa shape index (κ3) is 5.48. The van der Waals surface area contributed by atoms with Crippen LogP contribution in [-0.4, -0.2) is 44.8 Å². The van der Waals surface area contributed by atoms with Gasteiger partial charge in [0, 0.05) is 46.7 Å². The Labute approximate surface area is 309 Å². The van der Waals surface area contributed by atoms with E-state index >= 15 is 4.79 Å². The molecule has 0 saturated heterocycles. The third-order valence-electron chi connectivity index (χ3n) is 11.3. The number of carbonyl (C=O) groups is 1. The van der Waals surface area contributed by atoms with Crippen LogP contribution in [0.2, 0.25) is 0 Å². The Morgan fingerprint density at radius 2 is 1.85 bits per heavy atom. The average Bonchev–Trinajstić information content (AvgIpc) is 3.97. The molecule has 2 atom stereocenters. The fourth-order valence-electron chi connectivity index (χ4n) is 8.19. The second kappa shape index (κ2) is 13.1. The molecule has 0 aliphatic heterocycles. The number of benzene rings is 2. The van der Waals surface area contributed by atoms with Crippen molar-refractivity contribution in [1.29, 1.82) is 0 Å². The predicted octanol–water partition coefficient (Wildman–Crippen LogP) is 6.83. The molecule has 0 spiro atoms. The van der Waals surface area contributed by atoms with Gasteiger partial charge in [0.2, 0.25) is 0 Å². The summed E-state index contributed by atoms with van der Waals surface area (Å²) in [6, 6.07) is 13.5. The van der Waals surface area contributed by atoms with Gasteiger partial charge in [-0.2, -0.15) is 5.10 Å². The van der Waals surface area contributed by atoms with Crippen LogP contribution in [0.1, 0.15) is 83.6 Å². The molecule has 7 aromatic rings. The summed E-state index contributed by atoms with van der Waals surface area (Å²) in [4.78, 5) is 50.5. The molecular weight excluding hydrogens is 688 g/mol. The van der Waals surface area contributed by atoms with Crippen LogP contribution >= 0.6 is 0 Å². The molecule has 5 heterocycles. The molecule has 1 aliphatic carbocycles. The third-order valence-corrected chi connectivity index (χ3v) is 11.3. The molecule has 1 aliphatic rings. The molecule has 8 rings (SSSR count). The minimum Gasteiger partial charge on any atom is -0.325 e.